The molecule has 25 heavy (non-hydrogen) atoms. The largest absolute Gasteiger partial charge is 0.326 e. The molecule has 0 spiro atoms. The second kappa shape index (κ2) is 6.91. The number of carbonyl (C=O) groups excluding carboxylic acids is 2. The van der Waals surface area contributed by atoms with Gasteiger partial charge >= 0.3 is 0 Å². The van der Waals surface area contributed by atoms with Crippen molar-refractivity contribution in [3.05, 3.63) is 89.5 Å². The highest BCUT2D eigenvalue weighted by Crippen LogP contribution is 2.37. The maximum Gasteiger partial charge on any atom is 0.228 e. The summed E-state index contributed by atoms with van der Waals surface area (Å²) >= 11 is 0. The van der Waals surface area contributed by atoms with Gasteiger partial charge in [-0.15, -0.1) is 12.4 Å². The summed E-state index contributed by atoms with van der Waals surface area (Å²) in [5.74, 6) is -0.0264. The van der Waals surface area contributed by atoms with E-state index in [-0.39, 0.29) is 24.1 Å². The average molecular weight is 350 g/mol. The van der Waals surface area contributed by atoms with Crippen LogP contribution in [0, 0.1) is 0 Å². The predicted octanol–water partition coefficient (Wildman–Crippen LogP) is 4.50. The van der Waals surface area contributed by atoms with E-state index < -0.39 is 0 Å². The summed E-state index contributed by atoms with van der Waals surface area (Å²) in [6.07, 6.45) is 0.327. The molecule has 0 unspecified atom stereocenters. The zero-order valence-electron chi connectivity index (χ0n) is 13.4. The van der Waals surface area contributed by atoms with Gasteiger partial charge in [0.15, 0.2) is 5.78 Å². The summed E-state index contributed by atoms with van der Waals surface area (Å²) in [7, 11) is 0. The lowest BCUT2D eigenvalue weighted by Crippen LogP contribution is -2.14. The Labute approximate surface area is 152 Å². The van der Waals surface area contributed by atoms with Crippen LogP contribution in [0.1, 0.15) is 21.5 Å². The molecule has 0 saturated heterocycles. The van der Waals surface area contributed by atoms with Gasteiger partial charge < -0.3 is 5.32 Å². The highest BCUT2D eigenvalue weighted by molar-refractivity contribution is 6.22. The van der Waals surface area contributed by atoms with Gasteiger partial charge in [0.25, 0.3) is 0 Å². The zero-order chi connectivity index (χ0) is 16.5. The Balaban J connectivity index is 0.00000182. The first-order valence-corrected chi connectivity index (χ1v) is 7.84. The third kappa shape index (κ3) is 3.19. The molecule has 3 aromatic carbocycles. The van der Waals surface area contributed by atoms with Gasteiger partial charge in [-0.05, 0) is 34.9 Å². The van der Waals surface area contributed by atoms with Gasteiger partial charge in [-0.3, -0.25) is 9.59 Å². The minimum atomic E-state index is -0.0706. The van der Waals surface area contributed by atoms with E-state index in [1.54, 1.807) is 12.1 Å². The highest BCUT2D eigenvalue weighted by Gasteiger charge is 2.26. The third-order valence-electron chi connectivity index (χ3n) is 4.22. The summed E-state index contributed by atoms with van der Waals surface area (Å²) in [5.41, 5.74) is 4.90. The number of rotatable bonds is 3. The third-order valence-corrected chi connectivity index (χ3v) is 4.22. The summed E-state index contributed by atoms with van der Waals surface area (Å²) in [6, 6.07) is 22.6. The van der Waals surface area contributed by atoms with E-state index in [4.69, 9.17) is 0 Å². The predicted molar refractivity (Wildman–Crippen MR) is 101 cm³/mol. The molecule has 1 aliphatic rings. The molecule has 124 valence electrons. The van der Waals surface area contributed by atoms with E-state index in [0.29, 0.717) is 17.7 Å². The van der Waals surface area contributed by atoms with E-state index in [1.807, 2.05) is 60.7 Å². The van der Waals surface area contributed by atoms with Crippen LogP contribution in [0.3, 0.4) is 0 Å². The molecule has 0 aliphatic heterocycles. The average Bonchev–Trinajstić information content (AvgIpc) is 2.89. The Morgan fingerprint density at radius 2 is 1.40 bits per heavy atom. The fraction of sp³-hybridized carbons (Fsp3) is 0.0476. The van der Waals surface area contributed by atoms with Gasteiger partial charge in [-0.2, -0.15) is 0 Å². The molecule has 1 amide bonds. The topological polar surface area (TPSA) is 46.2 Å². The summed E-state index contributed by atoms with van der Waals surface area (Å²) in [4.78, 5) is 24.6. The summed E-state index contributed by atoms with van der Waals surface area (Å²) in [5, 5.41) is 2.92. The van der Waals surface area contributed by atoms with Crippen molar-refractivity contribution in [3.63, 3.8) is 0 Å². The molecule has 0 aromatic heterocycles. The number of halogens is 1. The van der Waals surface area contributed by atoms with Crippen molar-refractivity contribution < 1.29 is 9.59 Å². The first-order chi connectivity index (χ1) is 11.7. The minimum Gasteiger partial charge on any atom is -0.326 e. The van der Waals surface area contributed by atoms with Crippen molar-refractivity contribution >= 4 is 29.8 Å². The van der Waals surface area contributed by atoms with Crippen LogP contribution < -0.4 is 5.32 Å². The lowest BCUT2D eigenvalue weighted by molar-refractivity contribution is -0.115. The van der Waals surface area contributed by atoms with Crippen LogP contribution in [0.2, 0.25) is 0 Å². The van der Waals surface area contributed by atoms with E-state index in [9.17, 15) is 9.59 Å². The number of anilines is 1. The van der Waals surface area contributed by atoms with Gasteiger partial charge in [0.05, 0.1) is 6.42 Å². The maximum absolute atomic E-state index is 12.4. The molecule has 1 aliphatic carbocycles. The first-order valence-electron chi connectivity index (χ1n) is 7.84. The number of hydrogen-bond donors (Lipinski definition) is 1. The Bertz CT molecular complexity index is 951. The van der Waals surface area contributed by atoms with Gasteiger partial charge in [0.1, 0.15) is 0 Å². The fourth-order valence-corrected chi connectivity index (χ4v) is 3.09. The number of fused-ring (bicyclic) bond motifs is 3. The summed E-state index contributed by atoms with van der Waals surface area (Å²) < 4.78 is 0. The van der Waals surface area contributed by atoms with Crippen LogP contribution in [0.15, 0.2) is 72.8 Å². The molecule has 0 atom stereocenters. The minimum absolute atomic E-state index is 0. The van der Waals surface area contributed by atoms with Crippen LogP contribution in [0.4, 0.5) is 5.69 Å². The molecule has 1 N–H and O–H groups in total. The Kier molecular flexibility index (Phi) is 4.68. The van der Waals surface area contributed by atoms with E-state index >= 15 is 0 Å². The van der Waals surface area contributed by atoms with E-state index in [0.717, 1.165) is 22.3 Å². The number of nitrogens with one attached hydrogen (secondary N) is 1. The second-order valence-corrected chi connectivity index (χ2v) is 5.85. The number of carbonyl (C=O) groups is 2. The Morgan fingerprint density at radius 3 is 2.16 bits per heavy atom. The van der Waals surface area contributed by atoms with Crippen LogP contribution >= 0.6 is 12.4 Å². The van der Waals surface area contributed by atoms with Crippen LogP contribution in [-0.2, 0) is 11.2 Å². The van der Waals surface area contributed by atoms with E-state index in [2.05, 4.69) is 5.32 Å². The van der Waals surface area contributed by atoms with Gasteiger partial charge in [0, 0.05) is 16.8 Å². The Morgan fingerprint density at radius 1 is 0.760 bits per heavy atom. The van der Waals surface area contributed by atoms with Crippen LogP contribution in [0.25, 0.3) is 11.1 Å². The molecular formula is C21H16ClNO2. The van der Waals surface area contributed by atoms with Crippen molar-refractivity contribution in [2.45, 2.75) is 6.42 Å². The monoisotopic (exact) mass is 349 g/mol. The lowest BCUT2D eigenvalue weighted by Gasteiger charge is -2.08. The molecule has 0 radical (unpaired) electrons. The van der Waals surface area contributed by atoms with Crippen LogP contribution in [0.5, 0.6) is 0 Å². The quantitative estimate of drug-likeness (QED) is 0.592. The molecule has 0 heterocycles. The van der Waals surface area contributed by atoms with Crippen molar-refractivity contribution in [1.82, 2.24) is 0 Å². The van der Waals surface area contributed by atoms with Crippen molar-refractivity contribution in [1.29, 1.82) is 0 Å². The number of hydrogen-bond acceptors (Lipinski definition) is 2. The standard InChI is InChI=1S/C21H15NO2.ClH/c23-20(12-14-6-2-1-3-7-14)22-15-10-11-18-19(13-15)16-8-4-5-9-17(16)21(18)24;/h1-11,13H,12H2,(H,22,23);1H. The van der Waals surface area contributed by atoms with Crippen molar-refractivity contribution in [2.75, 3.05) is 5.32 Å². The van der Waals surface area contributed by atoms with Gasteiger partial charge in [0.2, 0.25) is 5.91 Å². The molecule has 4 rings (SSSR count). The van der Waals surface area contributed by atoms with Gasteiger partial charge in [-0.25, -0.2) is 0 Å². The number of benzene rings is 3. The number of amides is 1. The SMILES string of the molecule is Cl.O=C(Cc1ccccc1)Nc1ccc2c(c1)-c1ccccc1C2=O. The molecule has 3 aromatic rings. The van der Waals surface area contributed by atoms with Crippen molar-refractivity contribution in [2.24, 2.45) is 0 Å². The smallest absolute Gasteiger partial charge is 0.228 e. The molecule has 0 saturated carbocycles. The fourth-order valence-electron chi connectivity index (χ4n) is 3.09. The zero-order valence-corrected chi connectivity index (χ0v) is 14.2. The van der Waals surface area contributed by atoms with Gasteiger partial charge in [-0.1, -0.05) is 54.6 Å². The first kappa shape index (κ1) is 16.9. The second-order valence-electron chi connectivity index (χ2n) is 5.85. The molecular weight excluding hydrogens is 334 g/mol. The van der Waals surface area contributed by atoms with Crippen molar-refractivity contribution in [3.8, 4) is 11.1 Å². The maximum atomic E-state index is 12.4. The number of ketones is 1. The highest BCUT2D eigenvalue weighted by atomic mass is 35.5. The van der Waals surface area contributed by atoms with Crippen LogP contribution in [-0.4, -0.2) is 11.7 Å². The van der Waals surface area contributed by atoms with E-state index in [1.165, 1.54) is 0 Å². The summed E-state index contributed by atoms with van der Waals surface area (Å²) in [6.45, 7) is 0. The molecule has 4 heteroatoms. The molecule has 0 fully saturated rings. The molecule has 0 bridgehead atoms. The Hall–Kier alpha value is -2.91. The normalized spacial score (nSPS) is 11.3. The molecule has 3 nitrogen and oxygen atoms in total. The lowest BCUT2D eigenvalue weighted by atomic mass is 10.1.